The van der Waals surface area contributed by atoms with Gasteiger partial charge in [-0.1, -0.05) is 43.0 Å². The van der Waals surface area contributed by atoms with Gasteiger partial charge in [0.1, 0.15) is 6.61 Å². The van der Waals surface area contributed by atoms with E-state index < -0.39 is 0 Å². The second-order valence-corrected chi connectivity index (χ2v) is 5.64. The van der Waals surface area contributed by atoms with Crippen LogP contribution in [-0.2, 0) is 16.0 Å². The molecule has 0 bridgehead atoms. The number of rotatable bonds is 15. The zero-order chi connectivity index (χ0) is 19.9. The number of benzene rings is 1. The first-order chi connectivity index (χ1) is 13.8. The minimum Gasteiger partial charge on any atom is -0.459 e. The third-order valence-corrected chi connectivity index (χ3v) is 3.40. The summed E-state index contributed by atoms with van der Waals surface area (Å²) < 4.78 is 16.2. The minimum atomic E-state index is 0.226. The van der Waals surface area contributed by atoms with Crippen LogP contribution < -0.4 is 21.1 Å². The largest absolute Gasteiger partial charge is 0.459 e. The van der Waals surface area contributed by atoms with Gasteiger partial charge >= 0.3 is 6.01 Å². The molecule has 152 valence electrons. The van der Waals surface area contributed by atoms with Crippen LogP contribution in [0.25, 0.3) is 0 Å². The van der Waals surface area contributed by atoms with Gasteiger partial charge in [-0.05, 0) is 5.56 Å². The molecule has 0 saturated heterocycles. The van der Waals surface area contributed by atoms with E-state index in [2.05, 4.69) is 32.2 Å². The van der Waals surface area contributed by atoms with E-state index in [1.54, 1.807) is 6.08 Å². The standard InChI is InChI=1S/C19H28N6O3/c1-2-10-28-19-24-17(21-9-12-27-14-13-26-11-8-20)23-18(25-19)22-15-16-6-4-3-5-7-16/h2-7H,1,8-15,20H2,(H2,21,22,23,24,25). The Kier molecular flexibility index (Phi) is 10.3. The summed E-state index contributed by atoms with van der Waals surface area (Å²) in [5.74, 6) is 0.837. The quantitative estimate of drug-likeness (QED) is 0.308. The lowest BCUT2D eigenvalue weighted by Gasteiger charge is -2.11. The third-order valence-electron chi connectivity index (χ3n) is 3.40. The molecule has 1 heterocycles. The molecule has 1 aromatic heterocycles. The fourth-order valence-corrected chi connectivity index (χ4v) is 2.13. The molecule has 0 spiro atoms. The van der Waals surface area contributed by atoms with Gasteiger partial charge in [0.2, 0.25) is 11.9 Å². The summed E-state index contributed by atoms with van der Waals surface area (Å²) in [6.07, 6.45) is 1.63. The van der Waals surface area contributed by atoms with Gasteiger partial charge in [0.25, 0.3) is 0 Å². The Hall–Kier alpha value is -2.75. The topological polar surface area (TPSA) is 116 Å². The van der Waals surface area contributed by atoms with E-state index in [0.29, 0.717) is 64.6 Å². The normalized spacial score (nSPS) is 10.5. The molecule has 0 amide bonds. The van der Waals surface area contributed by atoms with Crippen molar-refractivity contribution in [1.82, 2.24) is 15.0 Å². The summed E-state index contributed by atoms with van der Waals surface area (Å²) in [5.41, 5.74) is 6.47. The van der Waals surface area contributed by atoms with Crippen LogP contribution in [-0.4, -0.2) is 61.1 Å². The highest BCUT2D eigenvalue weighted by Crippen LogP contribution is 2.12. The van der Waals surface area contributed by atoms with E-state index in [1.165, 1.54) is 0 Å². The number of nitrogens with one attached hydrogen (secondary N) is 2. The maximum absolute atomic E-state index is 5.47. The molecular formula is C19H28N6O3. The van der Waals surface area contributed by atoms with Gasteiger partial charge in [-0.2, -0.15) is 15.0 Å². The number of ether oxygens (including phenoxy) is 3. The highest BCUT2D eigenvalue weighted by molar-refractivity contribution is 5.36. The third kappa shape index (κ3) is 8.76. The first-order valence-corrected chi connectivity index (χ1v) is 9.19. The van der Waals surface area contributed by atoms with Crippen molar-refractivity contribution in [3.63, 3.8) is 0 Å². The van der Waals surface area contributed by atoms with Crippen molar-refractivity contribution in [3.05, 3.63) is 48.6 Å². The summed E-state index contributed by atoms with van der Waals surface area (Å²) in [4.78, 5) is 12.9. The molecule has 28 heavy (non-hydrogen) atoms. The van der Waals surface area contributed by atoms with Crippen LogP contribution in [0.2, 0.25) is 0 Å². The fraction of sp³-hybridized carbons (Fsp3) is 0.421. The molecule has 0 aliphatic rings. The molecule has 1 aromatic carbocycles. The zero-order valence-corrected chi connectivity index (χ0v) is 16.0. The van der Waals surface area contributed by atoms with Gasteiger partial charge in [0.05, 0.1) is 26.4 Å². The lowest BCUT2D eigenvalue weighted by atomic mass is 10.2. The first kappa shape index (κ1) is 21.5. The van der Waals surface area contributed by atoms with Crippen molar-refractivity contribution in [2.75, 3.05) is 56.8 Å². The van der Waals surface area contributed by atoms with Crippen LogP contribution in [0.4, 0.5) is 11.9 Å². The molecule has 0 atom stereocenters. The van der Waals surface area contributed by atoms with E-state index in [-0.39, 0.29) is 6.01 Å². The number of hydrogen-bond acceptors (Lipinski definition) is 9. The molecule has 0 fully saturated rings. The number of hydrogen-bond donors (Lipinski definition) is 3. The van der Waals surface area contributed by atoms with Crippen molar-refractivity contribution in [2.24, 2.45) is 5.73 Å². The van der Waals surface area contributed by atoms with Crippen molar-refractivity contribution < 1.29 is 14.2 Å². The Morgan fingerprint density at radius 3 is 2.36 bits per heavy atom. The lowest BCUT2D eigenvalue weighted by molar-refractivity contribution is 0.0547. The van der Waals surface area contributed by atoms with Gasteiger partial charge in [-0.3, -0.25) is 0 Å². The average Bonchev–Trinajstić information content (AvgIpc) is 2.73. The van der Waals surface area contributed by atoms with Crippen LogP contribution in [0, 0.1) is 0 Å². The number of aromatic nitrogens is 3. The predicted octanol–water partition coefficient (Wildman–Crippen LogP) is 1.45. The summed E-state index contributed by atoms with van der Waals surface area (Å²) in [6.45, 7) is 7.66. The summed E-state index contributed by atoms with van der Waals surface area (Å²) in [6, 6.07) is 10.2. The van der Waals surface area contributed by atoms with Crippen LogP contribution >= 0.6 is 0 Å². The summed E-state index contributed by atoms with van der Waals surface area (Å²) in [5, 5.41) is 6.29. The van der Waals surface area contributed by atoms with Crippen molar-refractivity contribution in [1.29, 1.82) is 0 Å². The molecule has 0 saturated carbocycles. The molecule has 0 aliphatic heterocycles. The van der Waals surface area contributed by atoms with Crippen LogP contribution in [0.3, 0.4) is 0 Å². The van der Waals surface area contributed by atoms with E-state index in [9.17, 15) is 0 Å². The van der Waals surface area contributed by atoms with Crippen LogP contribution in [0.1, 0.15) is 5.56 Å². The van der Waals surface area contributed by atoms with E-state index >= 15 is 0 Å². The second kappa shape index (κ2) is 13.4. The number of anilines is 2. The number of nitrogens with two attached hydrogens (primary N) is 1. The molecule has 4 N–H and O–H groups in total. The predicted molar refractivity (Wildman–Crippen MR) is 108 cm³/mol. The van der Waals surface area contributed by atoms with Gasteiger partial charge in [0, 0.05) is 19.6 Å². The summed E-state index contributed by atoms with van der Waals surface area (Å²) in [7, 11) is 0. The van der Waals surface area contributed by atoms with E-state index in [0.717, 1.165) is 5.56 Å². The summed E-state index contributed by atoms with van der Waals surface area (Å²) >= 11 is 0. The monoisotopic (exact) mass is 388 g/mol. The first-order valence-electron chi connectivity index (χ1n) is 9.19. The molecule has 2 aromatic rings. The molecule has 0 aliphatic carbocycles. The Morgan fingerprint density at radius 1 is 0.929 bits per heavy atom. The Bertz CT molecular complexity index is 687. The fourth-order valence-electron chi connectivity index (χ4n) is 2.13. The highest BCUT2D eigenvalue weighted by atomic mass is 16.5. The minimum absolute atomic E-state index is 0.226. The highest BCUT2D eigenvalue weighted by Gasteiger charge is 2.07. The molecule has 0 unspecified atom stereocenters. The van der Waals surface area contributed by atoms with Crippen molar-refractivity contribution >= 4 is 11.9 Å². The maximum atomic E-state index is 5.47. The van der Waals surface area contributed by atoms with Crippen LogP contribution in [0.15, 0.2) is 43.0 Å². The lowest BCUT2D eigenvalue weighted by Crippen LogP contribution is -2.16. The molecule has 2 rings (SSSR count). The van der Waals surface area contributed by atoms with Crippen LogP contribution in [0.5, 0.6) is 6.01 Å². The van der Waals surface area contributed by atoms with Gasteiger partial charge in [-0.15, -0.1) is 0 Å². The number of nitrogens with zero attached hydrogens (tertiary/aromatic N) is 3. The smallest absolute Gasteiger partial charge is 0.323 e. The maximum Gasteiger partial charge on any atom is 0.323 e. The van der Waals surface area contributed by atoms with E-state index in [1.807, 2.05) is 30.3 Å². The Morgan fingerprint density at radius 2 is 1.64 bits per heavy atom. The Balaban J connectivity index is 1.84. The Labute approximate surface area is 165 Å². The molecule has 9 nitrogen and oxygen atoms in total. The van der Waals surface area contributed by atoms with Gasteiger partial charge in [-0.25, -0.2) is 0 Å². The average molecular weight is 388 g/mol. The van der Waals surface area contributed by atoms with Crippen molar-refractivity contribution in [3.8, 4) is 6.01 Å². The SMILES string of the molecule is C=CCOc1nc(NCCOCCOCCN)nc(NCc2ccccc2)n1. The molecule has 0 radical (unpaired) electrons. The molecular weight excluding hydrogens is 360 g/mol. The van der Waals surface area contributed by atoms with E-state index in [4.69, 9.17) is 19.9 Å². The van der Waals surface area contributed by atoms with Gasteiger partial charge < -0.3 is 30.6 Å². The second-order valence-electron chi connectivity index (χ2n) is 5.64. The van der Waals surface area contributed by atoms with Crippen molar-refractivity contribution in [2.45, 2.75) is 6.54 Å². The zero-order valence-electron chi connectivity index (χ0n) is 16.0. The van der Waals surface area contributed by atoms with Gasteiger partial charge in [0.15, 0.2) is 0 Å². The molecule has 9 heteroatoms.